The third-order valence-corrected chi connectivity index (χ3v) is 4.95. The number of aryl methyl sites for hydroxylation is 1. The van der Waals surface area contributed by atoms with Crippen LogP contribution in [0.2, 0.25) is 0 Å². The number of carbonyl (C=O) groups excluding carboxylic acids is 1. The fourth-order valence-electron chi connectivity index (χ4n) is 2.61. The van der Waals surface area contributed by atoms with Crippen LogP contribution < -0.4 is 10.2 Å². The Morgan fingerprint density at radius 3 is 2.65 bits per heavy atom. The number of likely N-dealkylation sites (N-methyl/N-ethyl adjacent to an activating group) is 2. The Morgan fingerprint density at radius 1 is 1.35 bits per heavy atom. The van der Waals surface area contributed by atoms with Crippen LogP contribution in [0.15, 0.2) is 18.2 Å². The van der Waals surface area contributed by atoms with Gasteiger partial charge in [-0.05, 0) is 43.3 Å². The maximum atomic E-state index is 12.4. The summed E-state index contributed by atoms with van der Waals surface area (Å²) in [5.41, 5.74) is 3.39. The summed E-state index contributed by atoms with van der Waals surface area (Å²) in [6.45, 7) is 8.15. The molecule has 1 saturated heterocycles. The first-order valence-electron chi connectivity index (χ1n) is 8.06. The molecule has 5 nitrogen and oxygen atoms in total. The highest BCUT2D eigenvalue weighted by molar-refractivity contribution is 7.80. The van der Waals surface area contributed by atoms with Crippen molar-refractivity contribution in [1.29, 1.82) is 0 Å². The summed E-state index contributed by atoms with van der Waals surface area (Å²) in [4.78, 5) is 17.6. The monoisotopic (exact) mass is 335 g/mol. The zero-order valence-corrected chi connectivity index (χ0v) is 15.3. The Labute approximate surface area is 144 Å². The van der Waals surface area contributed by atoms with E-state index in [-0.39, 0.29) is 5.91 Å². The van der Waals surface area contributed by atoms with Crippen LogP contribution in [0.5, 0.6) is 0 Å². The predicted octanol–water partition coefficient (Wildman–Crippen LogP) is 0.289. The Morgan fingerprint density at radius 2 is 2.00 bits per heavy atom. The fraction of sp³-hybridized carbons (Fsp3) is 0.529. The second-order valence-corrected chi connectivity index (χ2v) is 6.76. The number of piperazine rings is 1. The van der Waals surface area contributed by atoms with E-state index in [0.717, 1.165) is 31.9 Å². The molecule has 0 aliphatic carbocycles. The second-order valence-electron chi connectivity index (χ2n) is 6.37. The lowest BCUT2D eigenvalue weighted by Gasteiger charge is -2.31. The van der Waals surface area contributed by atoms with Crippen molar-refractivity contribution in [3.63, 3.8) is 0 Å². The number of thiocarbonyl (C=S) groups is 1. The number of hydrogen-bond acceptors (Lipinski definition) is 2. The Hall–Kier alpha value is -1.66. The molecule has 0 radical (unpaired) electrons. The molecule has 0 aromatic heterocycles. The van der Waals surface area contributed by atoms with Crippen molar-refractivity contribution in [2.24, 2.45) is 0 Å². The molecule has 1 aliphatic rings. The molecule has 126 valence electrons. The van der Waals surface area contributed by atoms with Crippen LogP contribution >= 0.6 is 12.2 Å². The van der Waals surface area contributed by atoms with E-state index in [9.17, 15) is 4.79 Å². The maximum absolute atomic E-state index is 12.4. The first-order valence-corrected chi connectivity index (χ1v) is 8.46. The Kier molecular flexibility index (Phi) is 5.96. The molecule has 0 atom stereocenters. The van der Waals surface area contributed by atoms with Gasteiger partial charge in [-0.1, -0.05) is 12.1 Å². The molecule has 0 saturated carbocycles. The molecule has 0 spiro atoms. The number of rotatable bonds is 3. The van der Waals surface area contributed by atoms with Crippen LogP contribution in [-0.4, -0.2) is 67.6 Å². The van der Waals surface area contributed by atoms with Gasteiger partial charge in [0.2, 0.25) is 5.91 Å². The molecule has 0 unspecified atom stereocenters. The molecule has 6 heteroatoms. The van der Waals surface area contributed by atoms with Crippen LogP contribution in [0.1, 0.15) is 11.1 Å². The minimum absolute atomic E-state index is 0.144. The van der Waals surface area contributed by atoms with Crippen LogP contribution in [0.4, 0.5) is 5.69 Å². The van der Waals surface area contributed by atoms with Gasteiger partial charge in [-0.15, -0.1) is 0 Å². The van der Waals surface area contributed by atoms with Crippen molar-refractivity contribution >= 4 is 28.9 Å². The average molecular weight is 335 g/mol. The maximum Gasteiger partial charge on any atom is 0.242 e. The lowest BCUT2D eigenvalue weighted by atomic mass is 10.1. The molecule has 1 aromatic rings. The molecule has 1 amide bonds. The summed E-state index contributed by atoms with van der Waals surface area (Å²) >= 11 is 5.44. The van der Waals surface area contributed by atoms with Gasteiger partial charge in [0, 0.05) is 12.7 Å². The summed E-state index contributed by atoms with van der Waals surface area (Å²) in [5.74, 6) is 0.144. The van der Waals surface area contributed by atoms with Gasteiger partial charge in [0.1, 0.15) is 0 Å². The minimum atomic E-state index is 0.144. The quantitative estimate of drug-likeness (QED) is 0.779. The van der Waals surface area contributed by atoms with Crippen LogP contribution in [0.25, 0.3) is 0 Å². The number of carbonyl (C=O) groups is 1. The van der Waals surface area contributed by atoms with Gasteiger partial charge in [-0.3, -0.25) is 4.79 Å². The second kappa shape index (κ2) is 7.75. The van der Waals surface area contributed by atoms with Crippen molar-refractivity contribution in [3.8, 4) is 0 Å². The van der Waals surface area contributed by atoms with E-state index in [1.54, 1.807) is 0 Å². The van der Waals surface area contributed by atoms with Gasteiger partial charge < -0.3 is 20.0 Å². The fourth-order valence-corrected chi connectivity index (χ4v) is 2.78. The van der Waals surface area contributed by atoms with Crippen LogP contribution in [0, 0.1) is 13.8 Å². The number of hydrogen-bond donors (Lipinski definition) is 2. The molecule has 1 aromatic carbocycles. The Balaban J connectivity index is 1.89. The molecule has 1 heterocycles. The van der Waals surface area contributed by atoms with E-state index in [1.807, 2.05) is 29.0 Å². The zero-order chi connectivity index (χ0) is 17.0. The molecule has 0 bridgehead atoms. The summed E-state index contributed by atoms with van der Waals surface area (Å²) in [6, 6.07) is 6.09. The lowest BCUT2D eigenvalue weighted by molar-refractivity contribution is -0.883. The van der Waals surface area contributed by atoms with Crippen molar-refractivity contribution < 1.29 is 9.69 Å². The summed E-state index contributed by atoms with van der Waals surface area (Å²) in [7, 11) is 4.02. The van der Waals surface area contributed by atoms with E-state index in [4.69, 9.17) is 12.2 Å². The van der Waals surface area contributed by atoms with Crippen molar-refractivity contribution in [2.45, 2.75) is 13.8 Å². The van der Waals surface area contributed by atoms with Crippen molar-refractivity contribution in [3.05, 3.63) is 29.3 Å². The van der Waals surface area contributed by atoms with Gasteiger partial charge in [-0.25, -0.2) is 0 Å². The highest BCUT2D eigenvalue weighted by Crippen LogP contribution is 2.18. The molecule has 1 fully saturated rings. The summed E-state index contributed by atoms with van der Waals surface area (Å²) in [6.07, 6.45) is 0. The van der Waals surface area contributed by atoms with E-state index in [2.05, 4.69) is 32.3 Å². The SMILES string of the molecule is Cc1cccc(NC(=S)N(C)CC(=O)N2CC[NH+](C)CC2)c1C. The van der Waals surface area contributed by atoms with Gasteiger partial charge >= 0.3 is 0 Å². The largest absolute Gasteiger partial charge is 0.343 e. The number of quaternary nitrogens is 1. The first kappa shape index (κ1) is 17.7. The molecule has 2 N–H and O–H groups in total. The minimum Gasteiger partial charge on any atom is -0.343 e. The first-order chi connectivity index (χ1) is 10.9. The van der Waals surface area contributed by atoms with Crippen molar-refractivity contribution in [2.75, 3.05) is 52.1 Å². The average Bonchev–Trinajstić information content (AvgIpc) is 2.52. The van der Waals surface area contributed by atoms with E-state index >= 15 is 0 Å². The summed E-state index contributed by atoms with van der Waals surface area (Å²) in [5, 5.41) is 3.82. The number of nitrogens with zero attached hydrogens (tertiary/aromatic N) is 2. The molecule has 1 aliphatic heterocycles. The molecular weight excluding hydrogens is 308 g/mol. The van der Waals surface area contributed by atoms with Gasteiger partial charge in [0.15, 0.2) is 5.11 Å². The topological polar surface area (TPSA) is 40.0 Å². The summed E-state index contributed by atoms with van der Waals surface area (Å²) < 4.78 is 0. The molecular formula is C17H27N4OS+. The lowest BCUT2D eigenvalue weighted by Crippen LogP contribution is -3.12. The number of anilines is 1. The highest BCUT2D eigenvalue weighted by atomic mass is 32.1. The molecule has 2 rings (SSSR count). The normalized spacial score (nSPS) is 15.4. The third kappa shape index (κ3) is 4.65. The van der Waals surface area contributed by atoms with Gasteiger partial charge in [0.05, 0.1) is 39.8 Å². The number of nitrogens with one attached hydrogen (secondary N) is 2. The van der Waals surface area contributed by atoms with Gasteiger partial charge in [-0.2, -0.15) is 0 Å². The van der Waals surface area contributed by atoms with E-state index in [0.29, 0.717) is 11.7 Å². The number of benzene rings is 1. The van der Waals surface area contributed by atoms with Crippen molar-refractivity contribution in [1.82, 2.24) is 9.80 Å². The van der Waals surface area contributed by atoms with E-state index in [1.165, 1.54) is 16.0 Å². The van der Waals surface area contributed by atoms with Crippen LogP contribution in [-0.2, 0) is 4.79 Å². The molecule has 23 heavy (non-hydrogen) atoms. The smallest absolute Gasteiger partial charge is 0.242 e. The Bertz CT molecular complexity index is 582. The van der Waals surface area contributed by atoms with Gasteiger partial charge in [0.25, 0.3) is 0 Å². The highest BCUT2D eigenvalue weighted by Gasteiger charge is 2.22. The number of amides is 1. The van der Waals surface area contributed by atoms with Crippen LogP contribution in [0.3, 0.4) is 0 Å². The zero-order valence-electron chi connectivity index (χ0n) is 14.5. The van der Waals surface area contributed by atoms with E-state index < -0.39 is 0 Å². The standard InChI is InChI=1S/C17H26N4OS/c1-13-6-5-7-15(14(13)2)18-17(23)20(4)12-16(22)21-10-8-19(3)9-11-21/h5-7H,8-12H2,1-4H3,(H,18,23)/p+1. The third-order valence-electron chi connectivity index (χ3n) is 4.54. The predicted molar refractivity (Wildman–Crippen MR) is 98.0 cm³/mol.